The molecule has 0 aromatic heterocycles. The lowest BCUT2D eigenvalue weighted by Crippen LogP contribution is -2.87. The van der Waals surface area contributed by atoms with Crippen molar-refractivity contribution < 1.29 is 4.43 Å². The van der Waals surface area contributed by atoms with Crippen LogP contribution < -0.4 is 0 Å². The minimum atomic E-state index is -1.72. The molecule has 13 rings (SSSR count). The van der Waals surface area contributed by atoms with E-state index in [0.29, 0.717) is 5.04 Å². The lowest BCUT2D eigenvalue weighted by atomic mass is 9.13. The first-order valence-corrected chi connectivity index (χ1v) is 16.7. The van der Waals surface area contributed by atoms with Crippen LogP contribution in [0.5, 0.6) is 0 Å². The van der Waals surface area contributed by atoms with Crippen LogP contribution >= 0.6 is 0 Å². The minimum Gasteiger partial charge on any atom is -0.411 e. The fourth-order valence-electron chi connectivity index (χ4n) is 14.3. The van der Waals surface area contributed by atoms with Gasteiger partial charge in [-0.05, 0) is 145 Å². The fourth-order valence-corrected chi connectivity index (χ4v) is 15.9. The second kappa shape index (κ2) is 4.45. The molecule has 0 N–H and O–H groups in total. The minimum absolute atomic E-state index is 0.287. The highest BCUT2D eigenvalue weighted by molar-refractivity contribution is 6.74. The summed E-state index contributed by atoms with van der Waals surface area (Å²) in [6.07, 6.45) is 12.8. The first-order chi connectivity index (χ1) is 14.1. The van der Waals surface area contributed by atoms with Gasteiger partial charge in [0.25, 0.3) is 0 Å². The summed E-state index contributed by atoms with van der Waals surface area (Å²) in [7, 11) is -1.72. The Hall–Kier alpha value is 0.177. The van der Waals surface area contributed by atoms with Crippen LogP contribution in [0.3, 0.4) is 0 Å². The topological polar surface area (TPSA) is 9.23 Å². The molecule has 13 saturated carbocycles. The number of hydrogen-bond donors (Lipinski definition) is 0. The lowest BCUT2D eigenvalue weighted by Gasteiger charge is -2.92. The molecule has 13 fully saturated rings. The monoisotopic (exact) mass is 422 g/mol. The molecule has 0 heterocycles. The third-order valence-corrected chi connectivity index (χ3v) is 19.3. The van der Waals surface area contributed by atoms with E-state index >= 15 is 0 Å². The number of rotatable bonds is 2. The Kier molecular flexibility index (Phi) is 2.61. The lowest BCUT2D eigenvalue weighted by molar-refractivity contribution is -0.443. The molecule has 8 unspecified atom stereocenters. The van der Waals surface area contributed by atoms with Gasteiger partial charge >= 0.3 is 0 Å². The highest BCUT2D eigenvalue weighted by Crippen LogP contribution is 2.93. The summed E-state index contributed by atoms with van der Waals surface area (Å²) in [4.78, 5) is 0. The van der Waals surface area contributed by atoms with Gasteiger partial charge in [0.2, 0.25) is 0 Å². The van der Waals surface area contributed by atoms with Crippen molar-refractivity contribution in [3.63, 3.8) is 0 Å². The van der Waals surface area contributed by atoms with Gasteiger partial charge in [-0.15, -0.1) is 0 Å². The summed E-state index contributed by atoms with van der Waals surface area (Å²) in [6, 6.07) is 0. The summed E-state index contributed by atoms with van der Waals surface area (Å²) in [5.74, 6) is 12.5. The van der Waals surface area contributed by atoms with Gasteiger partial charge in [-0.3, -0.25) is 0 Å². The quantitative estimate of drug-likeness (QED) is 0.448. The second-order valence-corrected chi connectivity index (χ2v) is 20.9. The highest BCUT2D eigenvalue weighted by atomic mass is 28.4. The van der Waals surface area contributed by atoms with Crippen molar-refractivity contribution in [1.29, 1.82) is 0 Å². The van der Waals surface area contributed by atoms with Crippen molar-refractivity contribution in [3.8, 4) is 0 Å². The van der Waals surface area contributed by atoms with E-state index in [1.54, 1.807) is 32.1 Å². The van der Waals surface area contributed by atoms with Crippen LogP contribution in [0.25, 0.3) is 0 Å². The van der Waals surface area contributed by atoms with E-state index in [1.807, 2.05) is 0 Å². The van der Waals surface area contributed by atoms with E-state index < -0.39 is 8.32 Å². The molecular formula is C28H42OSi. The smallest absolute Gasteiger partial charge is 0.192 e. The van der Waals surface area contributed by atoms with Gasteiger partial charge in [-0.1, -0.05) is 20.8 Å². The average Bonchev–Trinajstić information content (AvgIpc) is 2.64. The van der Waals surface area contributed by atoms with Crippen LogP contribution in [0, 0.1) is 75.9 Å². The molecule has 13 aliphatic carbocycles. The Morgan fingerprint density at radius 1 is 0.667 bits per heavy atom. The van der Waals surface area contributed by atoms with Gasteiger partial charge in [-0.25, -0.2) is 0 Å². The van der Waals surface area contributed by atoms with Crippen LogP contribution in [0.1, 0.15) is 72.1 Å². The Morgan fingerprint density at radius 2 is 1.20 bits per heavy atom. The first kappa shape index (κ1) is 17.6. The van der Waals surface area contributed by atoms with Crippen molar-refractivity contribution >= 4 is 8.32 Å². The highest BCUT2D eigenvalue weighted by Gasteiger charge is 2.88. The molecule has 0 radical (unpaired) electrons. The summed E-state index contributed by atoms with van der Waals surface area (Å²) >= 11 is 0. The SMILES string of the molecule is CC(C)(C)[Si](C)(C)OC12CC3C4CC56CC7CC8C9CC(C1)(C3C85)C(C4C2)C6C9C7. The summed E-state index contributed by atoms with van der Waals surface area (Å²) in [5.41, 5.74) is 1.89. The predicted molar refractivity (Wildman–Crippen MR) is 121 cm³/mol. The second-order valence-electron chi connectivity index (χ2n) is 16.1. The Labute approximate surface area is 184 Å². The predicted octanol–water partition coefficient (Wildman–Crippen LogP) is 6.74. The summed E-state index contributed by atoms with van der Waals surface area (Å²) in [6.45, 7) is 12.5. The molecule has 0 aromatic carbocycles. The zero-order valence-electron chi connectivity index (χ0n) is 19.9. The molecule has 0 saturated heterocycles. The molecule has 1 nitrogen and oxygen atoms in total. The largest absolute Gasteiger partial charge is 0.411 e. The first-order valence-electron chi connectivity index (χ1n) is 13.8. The Bertz CT molecular complexity index is 842. The van der Waals surface area contributed by atoms with Gasteiger partial charge in [0, 0.05) is 0 Å². The van der Waals surface area contributed by atoms with E-state index in [2.05, 4.69) is 33.9 Å². The molecule has 8 atom stereocenters. The molecule has 164 valence electrons. The van der Waals surface area contributed by atoms with Crippen LogP contribution in [0.2, 0.25) is 18.1 Å². The van der Waals surface area contributed by atoms with E-state index in [9.17, 15) is 0 Å². The van der Waals surface area contributed by atoms with Crippen LogP contribution in [-0.4, -0.2) is 13.9 Å². The van der Waals surface area contributed by atoms with Crippen LogP contribution in [0.15, 0.2) is 0 Å². The Balaban J connectivity index is 1.21. The van der Waals surface area contributed by atoms with Gasteiger partial charge in [-0.2, -0.15) is 0 Å². The van der Waals surface area contributed by atoms with Crippen molar-refractivity contribution in [2.75, 3.05) is 0 Å². The average molecular weight is 423 g/mol. The number of hydrogen-bond acceptors (Lipinski definition) is 1. The molecule has 30 heavy (non-hydrogen) atoms. The summed E-state index contributed by atoms with van der Waals surface area (Å²) < 4.78 is 7.54. The molecule has 0 aliphatic heterocycles. The van der Waals surface area contributed by atoms with Gasteiger partial charge in [0.15, 0.2) is 8.32 Å². The summed E-state index contributed by atoms with van der Waals surface area (Å²) in [5, 5.41) is 0.347. The van der Waals surface area contributed by atoms with E-state index in [-0.39, 0.29) is 5.60 Å². The maximum absolute atomic E-state index is 7.54. The van der Waals surface area contributed by atoms with Crippen molar-refractivity contribution in [1.82, 2.24) is 0 Å². The van der Waals surface area contributed by atoms with Gasteiger partial charge in [0.05, 0.1) is 5.60 Å². The van der Waals surface area contributed by atoms with Crippen molar-refractivity contribution in [3.05, 3.63) is 0 Å². The Morgan fingerprint density at radius 3 is 1.80 bits per heavy atom. The maximum atomic E-state index is 7.54. The molecule has 13 aliphatic rings. The van der Waals surface area contributed by atoms with Crippen molar-refractivity contribution in [2.24, 2.45) is 75.9 Å². The molecule has 14 bridgehead atoms. The van der Waals surface area contributed by atoms with Crippen LogP contribution in [-0.2, 0) is 4.43 Å². The fraction of sp³-hybridized carbons (Fsp3) is 1.00. The van der Waals surface area contributed by atoms with Crippen molar-refractivity contribution in [2.45, 2.75) is 95.9 Å². The van der Waals surface area contributed by atoms with Gasteiger partial charge < -0.3 is 4.43 Å². The third-order valence-electron chi connectivity index (χ3n) is 14.7. The van der Waals surface area contributed by atoms with Gasteiger partial charge in [0.1, 0.15) is 0 Å². The van der Waals surface area contributed by atoms with E-state index in [1.165, 1.54) is 42.9 Å². The third kappa shape index (κ3) is 1.49. The molecule has 0 amide bonds. The molecule has 0 aromatic rings. The maximum Gasteiger partial charge on any atom is 0.192 e. The zero-order valence-corrected chi connectivity index (χ0v) is 20.9. The standard InChI is InChI=1S/C28H42OSi/c1-25(2,3)30(4,5)29-26-9-19-18-11-27-8-14-6-15-17-12-28(13-26,23(19)21(15)27)24(20(18)10-26)22(27)16(17)7-14/h14-24H,6-13H2,1-5H3. The molecule has 2 heteroatoms. The molecule has 2 spiro atoms. The van der Waals surface area contributed by atoms with E-state index in [0.717, 1.165) is 52.3 Å². The molecular weight excluding hydrogens is 380 g/mol. The van der Waals surface area contributed by atoms with E-state index in [4.69, 9.17) is 4.43 Å². The normalized spacial score (nSPS) is 69.3. The zero-order chi connectivity index (χ0) is 20.2. The van der Waals surface area contributed by atoms with Crippen LogP contribution in [0.4, 0.5) is 0 Å².